The highest BCUT2D eigenvalue weighted by molar-refractivity contribution is 7.91. The first kappa shape index (κ1) is 19.4. The fraction of sp³-hybridized carbons (Fsp3) is 0.381. The zero-order valence-corrected chi connectivity index (χ0v) is 17.4. The van der Waals surface area contributed by atoms with Crippen molar-refractivity contribution in [2.75, 3.05) is 23.0 Å². The largest absolute Gasteiger partial charge is 0.306 e. The summed E-state index contributed by atoms with van der Waals surface area (Å²) in [7, 11) is -3.23. The Kier molecular flexibility index (Phi) is 4.98. The lowest BCUT2D eigenvalue weighted by atomic mass is 9.98. The van der Waals surface area contributed by atoms with E-state index >= 15 is 0 Å². The van der Waals surface area contributed by atoms with Gasteiger partial charge < -0.3 is 4.90 Å². The number of carbonyl (C=O) groups excluding carboxylic acids is 1. The Labute approximate surface area is 170 Å². The van der Waals surface area contributed by atoms with E-state index < -0.39 is 15.9 Å². The lowest BCUT2D eigenvalue weighted by Gasteiger charge is -2.46. The third-order valence-corrected chi connectivity index (χ3v) is 7.96. The average molecular weight is 419 g/mol. The summed E-state index contributed by atoms with van der Waals surface area (Å²) < 4.78 is 25.0. The molecule has 2 aromatic carbocycles. The second kappa shape index (κ2) is 7.17. The molecule has 2 heterocycles. The molecule has 4 rings (SSSR count). The van der Waals surface area contributed by atoms with Gasteiger partial charge in [-0.1, -0.05) is 48.0 Å². The number of rotatable bonds is 3. The van der Waals surface area contributed by atoms with Crippen LogP contribution in [0.25, 0.3) is 0 Å². The van der Waals surface area contributed by atoms with E-state index in [0.717, 1.165) is 11.1 Å². The van der Waals surface area contributed by atoms with Crippen LogP contribution in [-0.4, -0.2) is 49.4 Å². The number of piperazine rings is 1. The number of amides is 1. The molecular weight excluding hydrogens is 396 g/mol. The van der Waals surface area contributed by atoms with Crippen molar-refractivity contribution in [2.24, 2.45) is 0 Å². The zero-order chi connectivity index (χ0) is 20.1. The van der Waals surface area contributed by atoms with Crippen LogP contribution in [0.2, 0.25) is 5.02 Å². The number of hydrogen-bond donors (Lipinski definition) is 0. The monoisotopic (exact) mass is 418 g/mol. The van der Waals surface area contributed by atoms with Gasteiger partial charge in [0.05, 0.1) is 24.1 Å². The van der Waals surface area contributed by atoms with E-state index in [1.54, 1.807) is 11.0 Å². The van der Waals surface area contributed by atoms with Gasteiger partial charge in [0.25, 0.3) is 0 Å². The van der Waals surface area contributed by atoms with E-state index in [-0.39, 0.29) is 36.0 Å². The highest BCUT2D eigenvalue weighted by Gasteiger charge is 2.50. The zero-order valence-electron chi connectivity index (χ0n) is 15.9. The minimum Gasteiger partial charge on any atom is -0.306 e. The molecular formula is C21H23ClN2O3S. The molecule has 0 spiro atoms. The molecule has 0 aliphatic carbocycles. The summed E-state index contributed by atoms with van der Waals surface area (Å²) in [4.78, 5) is 16.8. The fourth-order valence-corrected chi connectivity index (χ4v) is 6.46. The first-order valence-electron chi connectivity index (χ1n) is 9.36. The van der Waals surface area contributed by atoms with Gasteiger partial charge in [0.2, 0.25) is 5.91 Å². The first-order chi connectivity index (χ1) is 13.3. The molecule has 2 fully saturated rings. The van der Waals surface area contributed by atoms with E-state index in [0.29, 0.717) is 10.7 Å². The fourth-order valence-electron chi connectivity index (χ4n) is 4.32. The summed E-state index contributed by atoms with van der Waals surface area (Å²) in [6.45, 7) is 4.11. The van der Waals surface area contributed by atoms with Gasteiger partial charge in [-0.05, 0) is 37.1 Å². The lowest BCUT2D eigenvalue weighted by Crippen LogP contribution is -2.62. The van der Waals surface area contributed by atoms with Crippen LogP contribution in [-0.2, 0) is 14.6 Å². The molecule has 2 aliphatic heterocycles. The summed E-state index contributed by atoms with van der Waals surface area (Å²) in [6, 6.07) is 14.7. The number of aryl methyl sites for hydroxylation is 1. The lowest BCUT2D eigenvalue weighted by molar-refractivity contribution is -0.124. The van der Waals surface area contributed by atoms with Gasteiger partial charge in [-0.25, -0.2) is 8.42 Å². The van der Waals surface area contributed by atoms with Crippen LogP contribution in [0.3, 0.4) is 0 Å². The van der Waals surface area contributed by atoms with Gasteiger partial charge in [0, 0.05) is 22.8 Å². The number of hydrogen-bond acceptors (Lipinski definition) is 4. The molecule has 0 bridgehead atoms. The van der Waals surface area contributed by atoms with E-state index in [9.17, 15) is 13.2 Å². The minimum atomic E-state index is -3.23. The van der Waals surface area contributed by atoms with Gasteiger partial charge in [0.1, 0.15) is 0 Å². The van der Waals surface area contributed by atoms with Crippen molar-refractivity contribution < 1.29 is 13.2 Å². The number of carbonyl (C=O) groups is 1. The smallest absolute Gasteiger partial charge is 0.241 e. The van der Waals surface area contributed by atoms with E-state index in [2.05, 4.69) is 0 Å². The Morgan fingerprint density at radius 1 is 1.07 bits per heavy atom. The topological polar surface area (TPSA) is 57.7 Å². The molecule has 148 valence electrons. The molecule has 3 unspecified atom stereocenters. The molecule has 3 atom stereocenters. The van der Waals surface area contributed by atoms with Crippen molar-refractivity contribution >= 4 is 33.0 Å². The standard InChI is InChI=1S/C21H23ClN2O3S/c1-14-8-9-17(10-18(14)22)24-20-13-28(26,27)12-19(20)23(11-21(24)25)15(2)16-6-4-3-5-7-16/h3-10,15,19-20H,11-13H2,1-2H3. The van der Waals surface area contributed by atoms with Gasteiger partial charge in [0.15, 0.2) is 9.84 Å². The number of sulfone groups is 1. The van der Waals surface area contributed by atoms with Crippen LogP contribution in [0.15, 0.2) is 48.5 Å². The predicted octanol–water partition coefficient (Wildman–Crippen LogP) is 3.22. The van der Waals surface area contributed by atoms with Crippen molar-refractivity contribution in [3.8, 4) is 0 Å². The molecule has 0 aromatic heterocycles. The summed E-state index contributed by atoms with van der Waals surface area (Å²) >= 11 is 6.27. The van der Waals surface area contributed by atoms with Gasteiger partial charge in [-0.15, -0.1) is 0 Å². The number of nitrogens with zero attached hydrogens (tertiary/aromatic N) is 2. The molecule has 2 aromatic rings. The van der Waals surface area contributed by atoms with Crippen LogP contribution in [0.4, 0.5) is 5.69 Å². The summed E-state index contributed by atoms with van der Waals surface area (Å²) in [5.41, 5.74) is 2.66. The molecule has 0 radical (unpaired) electrons. The maximum absolute atomic E-state index is 13.1. The van der Waals surface area contributed by atoms with Gasteiger partial charge in [-0.2, -0.15) is 0 Å². The molecule has 2 saturated heterocycles. The highest BCUT2D eigenvalue weighted by Crippen LogP contribution is 2.37. The quantitative estimate of drug-likeness (QED) is 0.767. The first-order valence-corrected chi connectivity index (χ1v) is 11.6. The second-order valence-electron chi connectivity index (χ2n) is 7.67. The van der Waals surface area contributed by atoms with Crippen molar-refractivity contribution in [1.82, 2.24) is 4.90 Å². The SMILES string of the molecule is Cc1ccc(N2C(=O)CN(C(C)c3ccccc3)C3CS(=O)(=O)CC32)cc1Cl. The second-order valence-corrected chi connectivity index (χ2v) is 10.2. The van der Waals surface area contributed by atoms with Crippen LogP contribution >= 0.6 is 11.6 Å². The number of anilines is 1. The van der Waals surface area contributed by atoms with Crippen molar-refractivity contribution in [3.63, 3.8) is 0 Å². The van der Waals surface area contributed by atoms with Crippen LogP contribution in [0.1, 0.15) is 24.1 Å². The third kappa shape index (κ3) is 3.45. The normalized spacial score (nSPS) is 25.5. The maximum atomic E-state index is 13.1. The predicted molar refractivity (Wildman–Crippen MR) is 111 cm³/mol. The van der Waals surface area contributed by atoms with Crippen molar-refractivity contribution in [1.29, 1.82) is 0 Å². The Hall–Kier alpha value is -1.89. The van der Waals surface area contributed by atoms with Gasteiger partial charge >= 0.3 is 0 Å². The Morgan fingerprint density at radius 3 is 2.43 bits per heavy atom. The molecule has 28 heavy (non-hydrogen) atoms. The van der Waals surface area contributed by atoms with E-state index in [4.69, 9.17) is 11.6 Å². The summed E-state index contributed by atoms with van der Waals surface area (Å²) in [5.74, 6) is -0.0495. The van der Waals surface area contributed by atoms with E-state index in [1.807, 2.05) is 61.2 Å². The number of benzene rings is 2. The molecule has 0 N–H and O–H groups in total. The number of fused-ring (bicyclic) bond motifs is 1. The molecule has 0 saturated carbocycles. The average Bonchev–Trinajstić information content (AvgIpc) is 2.98. The van der Waals surface area contributed by atoms with Crippen LogP contribution in [0.5, 0.6) is 0 Å². The van der Waals surface area contributed by atoms with Crippen LogP contribution < -0.4 is 4.90 Å². The molecule has 2 aliphatic rings. The maximum Gasteiger partial charge on any atom is 0.241 e. The van der Waals surface area contributed by atoms with Crippen LogP contribution in [0, 0.1) is 6.92 Å². The Bertz CT molecular complexity index is 1010. The third-order valence-electron chi connectivity index (χ3n) is 5.85. The highest BCUT2D eigenvalue weighted by atomic mass is 35.5. The van der Waals surface area contributed by atoms with Gasteiger partial charge in [-0.3, -0.25) is 9.69 Å². The molecule has 1 amide bonds. The summed E-state index contributed by atoms with van der Waals surface area (Å²) in [5, 5.41) is 0.572. The Balaban J connectivity index is 1.72. The van der Waals surface area contributed by atoms with E-state index in [1.165, 1.54) is 0 Å². The minimum absolute atomic E-state index is 0.0209. The van der Waals surface area contributed by atoms with Crippen molar-refractivity contribution in [2.45, 2.75) is 32.0 Å². The summed E-state index contributed by atoms with van der Waals surface area (Å²) in [6.07, 6.45) is 0. The molecule has 5 nitrogen and oxygen atoms in total. The Morgan fingerprint density at radius 2 is 1.75 bits per heavy atom. The number of halogens is 1. The van der Waals surface area contributed by atoms with Crippen molar-refractivity contribution in [3.05, 3.63) is 64.7 Å². The molecule has 7 heteroatoms.